The molecule has 1 aliphatic carbocycles. The number of allylic oxidation sites excluding steroid dienone is 4. The smallest absolute Gasteiger partial charge is 0.0101 e. The summed E-state index contributed by atoms with van der Waals surface area (Å²) in [5.74, 6) is 0.514. The summed E-state index contributed by atoms with van der Waals surface area (Å²) in [4.78, 5) is 2.62. The highest BCUT2D eigenvalue weighted by atomic mass is 15.2. The first-order valence-corrected chi connectivity index (χ1v) is 11.2. The van der Waals surface area contributed by atoms with Crippen LogP contribution in [0.4, 0.5) is 0 Å². The minimum absolute atomic E-state index is 0.514. The molecule has 0 saturated carbocycles. The van der Waals surface area contributed by atoms with Gasteiger partial charge in [-0.25, -0.2) is 0 Å². The van der Waals surface area contributed by atoms with E-state index in [0.29, 0.717) is 18.0 Å². The highest BCUT2D eigenvalue weighted by Gasteiger charge is 2.21. The normalized spacial score (nSPS) is 14.9. The van der Waals surface area contributed by atoms with Gasteiger partial charge >= 0.3 is 0 Å². The molecule has 0 saturated heterocycles. The second-order valence-corrected chi connectivity index (χ2v) is 7.65. The maximum atomic E-state index is 3.00. The minimum Gasteiger partial charge on any atom is -0.299 e. The molecule has 0 heterocycles. The zero-order chi connectivity index (χ0) is 21.5. The maximum Gasteiger partial charge on any atom is 0.0101 e. The van der Waals surface area contributed by atoms with Crippen LogP contribution in [0.1, 0.15) is 85.6 Å². The van der Waals surface area contributed by atoms with Gasteiger partial charge in [-0.2, -0.15) is 0 Å². The van der Waals surface area contributed by atoms with Crippen LogP contribution in [0.25, 0.3) is 0 Å². The van der Waals surface area contributed by atoms with Crippen LogP contribution < -0.4 is 0 Å². The largest absolute Gasteiger partial charge is 0.299 e. The molecule has 1 aromatic rings. The van der Waals surface area contributed by atoms with Crippen molar-refractivity contribution in [2.24, 2.45) is 0 Å². The number of hydrogen-bond acceptors (Lipinski definition) is 1. The molecule has 0 spiro atoms. The maximum absolute atomic E-state index is 3.00. The van der Waals surface area contributed by atoms with E-state index in [4.69, 9.17) is 0 Å². The van der Waals surface area contributed by atoms with Crippen molar-refractivity contribution in [1.29, 1.82) is 0 Å². The molecule has 0 radical (unpaired) electrons. The van der Waals surface area contributed by atoms with Crippen molar-refractivity contribution in [1.82, 2.24) is 4.90 Å². The van der Waals surface area contributed by atoms with E-state index in [1.807, 2.05) is 13.8 Å². The lowest BCUT2D eigenvalue weighted by Crippen LogP contribution is -2.38. The first-order valence-electron chi connectivity index (χ1n) is 11.2. The summed E-state index contributed by atoms with van der Waals surface area (Å²) in [5, 5.41) is 0. The highest BCUT2D eigenvalue weighted by Crippen LogP contribution is 2.35. The third kappa shape index (κ3) is 8.61. The Morgan fingerprint density at radius 2 is 1.43 bits per heavy atom. The number of rotatable bonds is 7. The van der Waals surface area contributed by atoms with Gasteiger partial charge in [0, 0.05) is 18.0 Å². The van der Waals surface area contributed by atoms with Crippen LogP contribution in [0, 0.1) is 0 Å². The topological polar surface area (TPSA) is 3.24 Å². The quantitative estimate of drug-likeness (QED) is 0.429. The summed E-state index contributed by atoms with van der Waals surface area (Å²) >= 11 is 0. The summed E-state index contributed by atoms with van der Waals surface area (Å²) in [6, 6.07) is 12.3. The van der Waals surface area contributed by atoms with Crippen LogP contribution in [0.5, 0.6) is 0 Å². The van der Waals surface area contributed by atoms with Crippen molar-refractivity contribution in [3.05, 3.63) is 72.4 Å². The van der Waals surface area contributed by atoms with Crippen molar-refractivity contribution in [3.63, 3.8) is 0 Å². The van der Waals surface area contributed by atoms with Gasteiger partial charge in [0.1, 0.15) is 0 Å². The van der Waals surface area contributed by atoms with E-state index in [0.717, 1.165) is 6.54 Å². The molecule has 1 aliphatic rings. The van der Waals surface area contributed by atoms with Crippen LogP contribution in [0.15, 0.2) is 66.8 Å². The number of nitrogens with zero attached hydrogens (tertiary/aromatic N) is 1. The zero-order valence-electron chi connectivity index (χ0n) is 19.7. The lowest BCUT2D eigenvalue weighted by atomic mass is 9.84. The van der Waals surface area contributed by atoms with Crippen molar-refractivity contribution in [3.8, 4) is 0 Å². The van der Waals surface area contributed by atoms with Gasteiger partial charge in [0.25, 0.3) is 0 Å². The lowest BCUT2D eigenvalue weighted by Gasteiger charge is -2.33. The Balaban J connectivity index is 0.00000171. The number of benzene rings is 1. The van der Waals surface area contributed by atoms with E-state index in [1.54, 1.807) is 5.57 Å². The van der Waals surface area contributed by atoms with E-state index in [2.05, 4.69) is 95.2 Å². The third-order valence-electron chi connectivity index (χ3n) is 5.26. The predicted molar refractivity (Wildman–Crippen MR) is 129 cm³/mol. The Labute approximate surface area is 176 Å². The fraction of sp³-hybridized carbons (Fsp3) is 0.556. The average molecular weight is 384 g/mol. The second-order valence-electron chi connectivity index (χ2n) is 7.65. The SMILES string of the molecule is C=C.CC.CC1=CCCCC=C1C(CCN(C(C)C)C(C)C)c1ccccc1. The summed E-state index contributed by atoms with van der Waals surface area (Å²) < 4.78 is 0. The summed E-state index contributed by atoms with van der Waals surface area (Å²) in [6.45, 7) is 22.7. The van der Waals surface area contributed by atoms with Crippen LogP contribution in [0.2, 0.25) is 0 Å². The van der Waals surface area contributed by atoms with Crippen LogP contribution >= 0.6 is 0 Å². The van der Waals surface area contributed by atoms with E-state index < -0.39 is 0 Å². The molecule has 1 unspecified atom stereocenters. The molecule has 0 N–H and O–H groups in total. The Bertz CT molecular complexity index is 557. The van der Waals surface area contributed by atoms with Gasteiger partial charge in [0.05, 0.1) is 0 Å². The molecule has 0 aromatic heterocycles. The van der Waals surface area contributed by atoms with Gasteiger partial charge in [0.15, 0.2) is 0 Å². The minimum atomic E-state index is 0.514. The third-order valence-corrected chi connectivity index (χ3v) is 5.26. The monoisotopic (exact) mass is 383 g/mol. The van der Waals surface area contributed by atoms with Gasteiger partial charge in [-0.15, -0.1) is 13.2 Å². The Morgan fingerprint density at radius 1 is 0.893 bits per heavy atom. The molecule has 1 atom stereocenters. The molecule has 1 aromatic carbocycles. The molecule has 1 heteroatoms. The predicted octanol–water partition coefficient (Wildman–Crippen LogP) is 8.16. The van der Waals surface area contributed by atoms with Gasteiger partial charge in [-0.05, 0) is 78.0 Å². The van der Waals surface area contributed by atoms with Gasteiger partial charge in [-0.1, -0.05) is 61.9 Å². The molecule has 2 rings (SSSR count). The van der Waals surface area contributed by atoms with E-state index in [1.165, 1.54) is 36.8 Å². The molecule has 0 amide bonds. The van der Waals surface area contributed by atoms with E-state index in [9.17, 15) is 0 Å². The van der Waals surface area contributed by atoms with Crippen molar-refractivity contribution < 1.29 is 0 Å². The second kappa shape index (κ2) is 15.3. The first-order chi connectivity index (χ1) is 13.5. The van der Waals surface area contributed by atoms with Crippen LogP contribution in [0.3, 0.4) is 0 Å². The summed E-state index contributed by atoms with van der Waals surface area (Å²) in [7, 11) is 0. The fourth-order valence-electron chi connectivity index (χ4n) is 3.97. The van der Waals surface area contributed by atoms with E-state index in [-0.39, 0.29) is 0 Å². The Hall–Kier alpha value is -1.60. The van der Waals surface area contributed by atoms with Crippen molar-refractivity contribution in [2.45, 2.75) is 92.2 Å². The van der Waals surface area contributed by atoms with Gasteiger partial charge < -0.3 is 0 Å². The molecule has 0 bridgehead atoms. The molecule has 0 fully saturated rings. The molecule has 158 valence electrons. The average Bonchev–Trinajstić information content (AvgIpc) is 2.93. The first kappa shape index (κ1) is 26.4. The van der Waals surface area contributed by atoms with E-state index >= 15 is 0 Å². The zero-order valence-corrected chi connectivity index (χ0v) is 19.7. The Kier molecular flexibility index (Phi) is 14.5. The Morgan fingerprint density at radius 3 is 1.96 bits per heavy atom. The molecular formula is C27H45N. The highest BCUT2D eigenvalue weighted by molar-refractivity contribution is 5.41. The molecule has 1 nitrogen and oxygen atoms in total. The van der Waals surface area contributed by atoms with Crippen molar-refractivity contribution >= 4 is 0 Å². The summed E-state index contributed by atoms with van der Waals surface area (Å²) in [5.41, 5.74) is 4.51. The lowest BCUT2D eigenvalue weighted by molar-refractivity contribution is 0.170. The summed E-state index contributed by atoms with van der Waals surface area (Å²) in [6.07, 6.45) is 9.86. The standard InChI is InChI=1S/C23H35N.C2H6.C2H4/c1-18(2)24(19(3)4)17-16-23(21-13-9-7-10-14-21)22-15-11-6-8-12-20(22)5;2*1-2/h7,9-10,12-15,18-19,23H,6,8,11,16-17H2,1-5H3;1-2H3;1-2H2. The van der Waals surface area contributed by atoms with Gasteiger partial charge in [0.2, 0.25) is 0 Å². The van der Waals surface area contributed by atoms with Crippen molar-refractivity contribution in [2.75, 3.05) is 6.54 Å². The fourth-order valence-corrected chi connectivity index (χ4v) is 3.97. The van der Waals surface area contributed by atoms with Gasteiger partial charge in [-0.3, -0.25) is 4.90 Å². The van der Waals surface area contributed by atoms with Crippen LogP contribution in [-0.2, 0) is 0 Å². The van der Waals surface area contributed by atoms with Crippen LogP contribution in [-0.4, -0.2) is 23.5 Å². The number of hydrogen-bond donors (Lipinski definition) is 0. The molecule has 28 heavy (non-hydrogen) atoms. The molecular weight excluding hydrogens is 338 g/mol. The molecule has 0 aliphatic heterocycles.